The first kappa shape index (κ1) is 12.9. The third-order valence-electron chi connectivity index (χ3n) is 2.67. The standard InChI is InChI=1S/C10H14F3N5/c1-14-9-16-7(10(11,12)13)6-8(17-9)18-4-2-15-3-5-18/h6,15H,2-5H2,1H3,(H,14,16,17). The Morgan fingerprint density at radius 1 is 1.28 bits per heavy atom. The minimum atomic E-state index is -4.46. The number of rotatable bonds is 2. The number of anilines is 2. The van der Waals surface area contributed by atoms with Gasteiger partial charge in [0.15, 0.2) is 5.69 Å². The van der Waals surface area contributed by atoms with Gasteiger partial charge in [0.2, 0.25) is 5.95 Å². The van der Waals surface area contributed by atoms with Crippen molar-refractivity contribution in [1.29, 1.82) is 0 Å². The predicted molar refractivity (Wildman–Crippen MR) is 61.7 cm³/mol. The molecule has 8 heteroatoms. The maximum absolute atomic E-state index is 12.7. The second-order valence-corrected chi connectivity index (χ2v) is 3.92. The summed E-state index contributed by atoms with van der Waals surface area (Å²) in [6.07, 6.45) is -4.46. The van der Waals surface area contributed by atoms with Crippen molar-refractivity contribution >= 4 is 11.8 Å². The smallest absolute Gasteiger partial charge is 0.357 e. The molecule has 0 saturated carbocycles. The number of hydrogen-bond donors (Lipinski definition) is 2. The largest absolute Gasteiger partial charge is 0.433 e. The van der Waals surface area contributed by atoms with Crippen molar-refractivity contribution in [3.8, 4) is 0 Å². The van der Waals surface area contributed by atoms with Crippen LogP contribution in [0.15, 0.2) is 6.07 Å². The predicted octanol–water partition coefficient (Wildman–Crippen LogP) is 0.947. The molecule has 2 heterocycles. The van der Waals surface area contributed by atoms with E-state index in [1.165, 1.54) is 7.05 Å². The molecule has 5 nitrogen and oxygen atoms in total. The fourth-order valence-corrected chi connectivity index (χ4v) is 1.75. The van der Waals surface area contributed by atoms with Gasteiger partial charge in [-0.25, -0.2) is 4.98 Å². The molecule has 100 valence electrons. The van der Waals surface area contributed by atoms with Crippen LogP contribution in [0.25, 0.3) is 0 Å². The lowest BCUT2D eigenvalue weighted by Gasteiger charge is -2.28. The highest BCUT2D eigenvalue weighted by atomic mass is 19.4. The summed E-state index contributed by atoms with van der Waals surface area (Å²) >= 11 is 0. The Morgan fingerprint density at radius 3 is 2.50 bits per heavy atom. The molecule has 0 spiro atoms. The zero-order valence-electron chi connectivity index (χ0n) is 9.88. The first-order chi connectivity index (χ1) is 8.50. The van der Waals surface area contributed by atoms with E-state index >= 15 is 0 Å². The van der Waals surface area contributed by atoms with Crippen LogP contribution in [0.3, 0.4) is 0 Å². The average molecular weight is 261 g/mol. The molecule has 0 atom stereocenters. The van der Waals surface area contributed by atoms with Crippen LogP contribution in [0, 0.1) is 0 Å². The molecule has 1 aliphatic rings. The van der Waals surface area contributed by atoms with Crippen LogP contribution in [0.5, 0.6) is 0 Å². The van der Waals surface area contributed by atoms with Crippen molar-refractivity contribution in [3.05, 3.63) is 11.8 Å². The Morgan fingerprint density at radius 2 is 1.94 bits per heavy atom. The molecular weight excluding hydrogens is 247 g/mol. The summed E-state index contributed by atoms with van der Waals surface area (Å²) in [5.74, 6) is 0.293. The molecule has 0 radical (unpaired) electrons. The number of nitrogens with zero attached hydrogens (tertiary/aromatic N) is 3. The van der Waals surface area contributed by atoms with Crippen LogP contribution in [-0.2, 0) is 6.18 Å². The lowest BCUT2D eigenvalue weighted by Crippen LogP contribution is -2.44. The van der Waals surface area contributed by atoms with E-state index in [0.29, 0.717) is 18.9 Å². The van der Waals surface area contributed by atoms with Crippen molar-refractivity contribution in [2.45, 2.75) is 6.18 Å². The molecule has 2 rings (SSSR count). The van der Waals surface area contributed by atoms with Crippen LogP contribution in [0.1, 0.15) is 5.69 Å². The van der Waals surface area contributed by atoms with Crippen LogP contribution >= 0.6 is 0 Å². The Balaban J connectivity index is 2.34. The SMILES string of the molecule is CNc1nc(N2CCNCC2)cc(C(F)(F)F)n1. The summed E-state index contributed by atoms with van der Waals surface area (Å²) in [6.45, 7) is 2.75. The van der Waals surface area contributed by atoms with Crippen LogP contribution in [0.4, 0.5) is 24.9 Å². The van der Waals surface area contributed by atoms with Crippen molar-refractivity contribution < 1.29 is 13.2 Å². The van der Waals surface area contributed by atoms with E-state index in [1.807, 2.05) is 4.90 Å². The minimum absolute atomic E-state index is 0.0154. The number of nitrogens with one attached hydrogen (secondary N) is 2. The van der Waals surface area contributed by atoms with Crippen LogP contribution in [0.2, 0.25) is 0 Å². The van der Waals surface area contributed by atoms with Gasteiger partial charge in [-0.2, -0.15) is 18.2 Å². The van der Waals surface area contributed by atoms with Gasteiger partial charge >= 0.3 is 6.18 Å². The maximum atomic E-state index is 12.7. The van der Waals surface area contributed by atoms with Gasteiger partial charge in [-0.05, 0) is 0 Å². The summed E-state index contributed by atoms with van der Waals surface area (Å²) in [5.41, 5.74) is -0.921. The molecule has 1 saturated heterocycles. The summed E-state index contributed by atoms with van der Waals surface area (Å²) < 4.78 is 38.1. The number of aromatic nitrogens is 2. The molecule has 0 aliphatic carbocycles. The van der Waals surface area contributed by atoms with Crippen molar-refractivity contribution in [1.82, 2.24) is 15.3 Å². The van der Waals surface area contributed by atoms with Gasteiger partial charge in [-0.15, -0.1) is 0 Å². The lowest BCUT2D eigenvalue weighted by molar-refractivity contribution is -0.141. The van der Waals surface area contributed by atoms with E-state index in [0.717, 1.165) is 19.2 Å². The summed E-state index contributed by atoms with van der Waals surface area (Å²) in [6, 6.07) is 0.992. The van der Waals surface area contributed by atoms with E-state index in [1.54, 1.807) is 0 Å². The molecule has 1 aromatic rings. The number of alkyl halides is 3. The third kappa shape index (κ3) is 2.81. The van der Waals surface area contributed by atoms with Gasteiger partial charge in [0.1, 0.15) is 5.82 Å². The second kappa shape index (κ2) is 4.97. The van der Waals surface area contributed by atoms with E-state index in [9.17, 15) is 13.2 Å². The molecule has 1 aliphatic heterocycles. The van der Waals surface area contributed by atoms with Gasteiger partial charge in [-0.3, -0.25) is 0 Å². The van der Waals surface area contributed by atoms with Crippen LogP contribution < -0.4 is 15.5 Å². The second-order valence-electron chi connectivity index (χ2n) is 3.92. The highest BCUT2D eigenvalue weighted by Crippen LogP contribution is 2.30. The number of halogens is 3. The van der Waals surface area contributed by atoms with Gasteiger partial charge in [0.25, 0.3) is 0 Å². The van der Waals surface area contributed by atoms with E-state index < -0.39 is 11.9 Å². The molecule has 0 bridgehead atoms. The topological polar surface area (TPSA) is 53.1 Å². The van der Waals surface area contributed by atoms with Gasteiger partial charge < -0.3 is 15.5 Å². The number of hydrogen-bond acceptors (Lipinski definition) is 5. The van der Waals surface area contributed by atoms with Crippen molar-refractivity contribution in [3.63, 3.8) is 0 Å². The monoisotopic (exact) mass is 261 g/mol. The molecule has 1 aromatic heterocycles. The zero-order valence-corrected chi connectivity index (χ0v) is 9.88. The molecule has 0 unspecified atom stereocenters. The molecule has 2 N–H and O–H groups in total. The molecular formula is C10H14F3N5. The van der Waals surface area contributed by atoms with E-state index in [2.05, 4.69) is 20.6 Å². The summed E-state index contributed by atoms with van der Waals surface area (Å²) in [7, 11) is 1.50. The quantitative estimate of drug-likeness (QED) is 0.830. The van der Waals surface area contributed by atoms with E-state index in [-0.39, 0.29) is 5.95 Å². The van der Waals surface area contributed by atoms with Crippen LogP contribution in [-0.4, -0.2) is 43.2 Å². The summed E-state index contributed by atoms with van der Waals surface area (Å²) in [5, 5.41) is 5.69. The zero-order chi connectivity index (χ0) is 13.2. The van der Waals surface area contributed by atoms with Gasteiger partial charge in [-0.1, -0.05) is 0 Å². The highest BCUT2D eigenvalue weighted by molar-refractivity contribution is 5.45. The lowest BCUT2D eigenvalue weighted by atomic mass is 10.3. The minimum Gasteiger partial charge on any atom is -0.357 e. The van der Waals surface area contributed by atoms with E-state index in [4.69, 9.17) is 0 Å². The fourth-order valence-electron chi connectivity index (χ4n) is 1.75. The van der Waals surface area contributed by atoms with Gasteiger partial charge in [0, 0.05) is 39.3 Å². The van der Waals surface area contributed by atoms with Crippen molar-refractivity contribution in [2.75, 3.05) is 43.4 Å². The highest BCUT2D eigenvalue weighted by Gasteiger charge is 2.34. The molecule has 1 fully saturated rings. The van der Waals surface area contributed by atoms with Crippen molar-refractivity contribution in [2.24, 2.45) is 0 Å². The molecule has 18 heavy (non-hydrogen) atoms. The van der Waals surface area contributed by atoms with Gasteiger partial charge in [0.05, 0.1) is 0 Å². The Kier molecular flexibility index (Phi) is 3.55. The molecule has 0 amide bonds. The average Bonchev–Trinajstić information content (AvgIpc) is 2.38. The number of piperazine rings is 1. The molecule has 0 aromatic carbocycles. The fraction of sp³-hybridized carbons (Fsp3) is 0.600. The normalized spacial score (nSPS) is 16.8. The first-order valence-corrected chi connectivity index (χ1v) is 5.60. The Bertz CT molecular complexity index is 414. The summed E-state index contributed by atoms with van der Waals surface area (Å²) in [4.78, 5) is 9.31. The Labute approximate surface area is 102 Å². The first-order valence-electron chi connectivity index (χ1n) is 5.60. The third-order valence-corrected chi connectivity index (χ3v) is 2.67. The maximum Gasteiger partial charge on any atom is 0.433 e. The Hall–Kier alpha value is -1.57.